The maximum atomic E-state index is 11.2. The van der Waals surface area contributed by atoms with Gasteiger partial charge in [-0.2, -0.15) is 0 Å². The number of benzene rings is 1. The van der Waals surface area contributed by atoms with Crippen molar-refractivity contribution in [2.24, 2.45) is 16.6 Å². The number of nitrogens with one attached hydrogen (secondary N) is 1. The van der Waals surface area contributed by atoms with Crippen molar-refractivity contribution in [3.8, 4) is 0 Å². The van der Waals surface area contributed by atoms with Crippen LogP contribution in [0.4, 0.5) is 0 Å². The molecule has 0 aromatic heterocycles. The molecule has 1 amide bonds. The quantitative estimate of drug-likeness (QED) is 0.441. The molecule has 5 N–H and O–H groups in total. The first-order valence-electron chi connectivity index (χ1n) is 7.64. The first kappa shape index (κ1) is 27.3. The molecule has 0 spiro atoms. The van der Waals surface area contributed by atoms with Gasteiger partial charge in [-0.1, -0.05) is 73.6 Å². The number of hydrogen-bond acceptors (Lipinski definition) is 2. The van der Waals surface area contributed by atoms with Gasteiger partial charge in [0.25, 0.3) is 5.91 Å². The summed E-state index contributed by atoms with van der Waals surface area (Å²) in [6.45, 7) is 16.0. The Morgan fingerprint density at radius 3 is 1.57 bits per heavy atom. The van der Waals surface area contributed by atoms with E-state index in [9.17, 15) is 4.79 Å². The fourth-order valence-corrected chi connectivity index (χ4v) is 0.769. The van der Waals surface area contributed by atoms with Gasteiger partial charge in [0, 0.05) is 5.56 Å². The molecule has 0 saturated carbocycles. The predicted molar refractivity (Wildman–Crippen MR) is 95.1 cm³/mol. The number of carbonyl (C=O) groups excluding carboxylic acids is 1. The smallest absolute Gasteiger partial charge is 0.271 e. The number of hydrogen-bond donors (Lipinski definition) is 3. The first-order chi connectivity index (χ1) is 10.2. The largest absolute Gasteiger partial charge is 0.369 e. The predicted octanol–water partition coefficient (Wildman–Crippen LogP) is 3.71. The van der Waals surface area contributed by atoms with Crippen molar-refractivity contribution in [1.29, 1.82) is 0 Å². The molecular formula is C16H34N4O. The third kappa shape index (κ3) is 20.4. The molecule has 1 aromatic carbocycles. The van der Waals surface area contributed by atoms with Crippen LogP contribution in [0.25, 0.3) is 0 Å². The van der Waals surface area contributed by atoms with Gasteiger partial charge < -0.3 is 11.5 Å². The Hall–Kier alpha value is -2.04. The molecule has 124 valence electrons. The molecule has 5 heteroatoms. The van der Waals surface area contributed by atoms with Gasteiger partial charge in [0.1, 0.15) is 0 Å². The van der Waals surface area contributed by atoms with Crippen LogP contribution in [0, 0.1) is 0 Å². The number of amides is 1. The maximum Gasteiger partial charge on any atom is 0.271 e. The summed E-state index contributed by atoms with van der Waals surface area (Å²) < 4.78 is 0. The summed E-state index contributed by atoms with van der Waals surface area (Å²) in [6, 6.07) is 8.65. The van der Waals surface area contributed by atoms with E-state index < -0.39 is 0 Å². The lowest BCUT2D eigenvalue weighted by Gasteiger charge is -1.98. The van der Waals surface area contributed by atoms with Crippen LogP contribution in [0.15, 0.2) is 35.4 Å². The van der Waals surface area contributed by atoms with E-state index >= 15 is 0 Å². The SMILES string of the molecule is CC.CC.CC.CC.NC(N)=NNC(=O)c1ccccc1. The number of rotatable bonds is 2. The van der Waals surface area contributed by atoms with Crippen molar-refractivity contribution >= 4 is 11.9 Å². The van der Waals surface area contributed by atoms with Crippen LogP contribution >= 0.6 is 0 Å². The van der Waals surface area contributed by atoms with E-state index in [0.717, 1.165) is 0 Å². The van der Waals surface area contributed by atoms with E-state index in [4.69, 9.17) is 11.5 Å². The van der Waals surface area contributed by atoms with Gasteiger partial charge in [-0.15, -0.1) is 5.10 Å². The van der Waals surface area contributed by atoms with Crippen LogP contribution in [0.2, 0.25) is 0 Å². The van der Waals surface area contributed by atoms with Crippen LogP contribution < -0.4 is 16.9 Å². The minimum absolute atomic E-state index is 0.177. The number of hydrazone groups is 1. The average Bonchev–Trinajstić information content (AvgIpc) is 2.60. The van der Waals surface area contributed by atoms with Gasteiger partial charge in [-0.3, -0.25) is 4.79 Å². The third-order valence-corrected chi connectivity index (χ3v) is 1.32. The zero-order valence-corrected chi connectivity index (χ0v) is 14.9. The van der Waals surface area contributed by atoms with Crippen molar-refractivity contribution in [2.45, 2.75) is 55.4 Å². The zero-order chi connectivity index (χ0) is 17.7. The zero-order valence-electron chi connectivity index (χ0n) is 14.9. The number of nitrogens with zero attached hydrogens (tertiary/aromatic N) is 1. The Morgan fingerprint density at radius 2 is 1.24 bits per heavy atom. The van der Waals surface area contributed by atoms with E-state index in [1.807, 2.05) is 61.5 Å². The summed E-state index contributed by atoms with van der Waals surface area (Å²) in [5.74, 6) is -0.515. The van der Waals surface area contributed by atoms with Crippen molar-refractivity contribution in [3.63, 3.8) is 0 Å². The van der Waals surface area contributed by atoms with Crippen LogP contribution in [0.1, 0.15) is 65.7 Å². The molecule has 21 heavy (non-hydrogen) atoms. The third-order valence-electron chi connectivity index (χ3n) is 1.32. The van der Waals surface area contributed by atoms with E-state index in [-0.39, 0.29) is 11.9 Å². The summed E-state index contributed by atoms with van der Waals surface area (Å²) in [4.78, 5) is 11.2. The minimum atomic E-state index is -0.339. The van der Waals surface area contributed by atoms with E-state index in [2.05, 4.69) is 10.5 Å². The second kappa shape index (κ2) is 26.5. The van der Waals surface area contributed by atoms with Crippen molar-refractivity contribution in [3.05, 3.63) is 35.9 Å². The van der Waals surface area contributed by atoms with Gasteiger partial charge in [0.2, 0.25) is 5.96 Å². The van der Waals surface area contributed by atoms with E-state index in [1.165, 1.54) is 0 Å². The molecule has 0 bridgehead atoms. The Labute approximate surface area is 130 Å². The molecule has 5 nitrogen and oxygen atoms in total. The van der Waals surface area contributed by atoms with Gasteiger partial charge in [-0.05, 0) is 12.1 Å². The molecule has 0 aliphatic rings. The maximum absolute atomic E-state index is 11.2. The van der Waals surface area contributed by atoms with E-state index in [1.54, 1.807) is 24.3 Å². The van der Waals surface area contributed by atoms with Gasteiger partial charge >= 0.3 is 0 Å². The average molecular weight is 298 g/mol. The Morgan fingerprint density at radius 1 is 0.857 bits per heavy atom. The fourth-order valence-electron chi connectivity index (χ4n) is 0.769. The molecule has 0 aliphatic carbocycles. The lowest BCUT2D eigenvalue weighted by Crippen LogP contribution is -2.28. The molecule has 1 rings (SSSR count). The Bertz CT molecular complexity index is 320. The molecule has 0 atom stereocenters. The monoisotopic (exact) mass is 298 g/mol. The molecule has 0 saturated heterocycles. The molecular weight excluding hydrogens is 264 g/mol. The molecule has 0 radical (unpaired) electrons. The standard InChI is InChI=1S/C8H10N4O.4C2H6/c9-8(10)12-11-7(13)6-4-2-1-3-5-6;4*1-2/h1-5H,(H,11,13)(H4,9,10,12);4*1-2H3. The first-order valence-corrected chi connectivity index (χ1v) is 7.64. The van der Waals surface area contributed by atoms with Gasteiger partial charge in [0.15, 0.2) is 0 Å². The number of nitrogens with two attached hydrogens (primary N) is 2. The second-order valence-electron chi connectivity index (χ2n) is 2.34. The number of carbonyl (C=O) groups is 1. The lowest BCUT2D eigenvalue weighted by molar-refractivity contribution is 0.0954. The lowest BCUT2D eigenvalue weighted by atomic mass is 10.2. The molecule has 0 heterocycles. The van der Waals surface area contributed by atoms with Crippen LogP contribution in [0.5, 0.6) is 0 Å². The normalized spacial score (nSPS) is 6.67. The Kier molecular flexibility index (Phi) is 34.5. The van der Waals surface area contributed by atoms with Gasteiger partial charge in [0.05, 0.1) is 0 Å². The molecule has 0 fully saturated rings. The summed E-state index contributed by atoms with van der Waals surface area (Å²) in [5, 5.41) is 3.37. The second-order valence-corrected chi connectivity index (χ2v) is 2.34. The summed E-state index contributed by atoms with van der Waals surface area (Å²) in [7, 11) is 0. The highest BCUT2D eigenvalue weighted by Gasteiger charge is 2.01. The highest BCUT2D eigenvalue weighted by atomic mass is 16.2. The summed E-state index contributed by atoms with van der Waals surface area (Å²) in [6.07, 6.45) is 0. The summed E-state index contributed by atoms with van der Waals surface area (Å²) >= 11 is 0. The highest BCUT2D eigenvalue weighted by molar-refractivity contribution is 5.94. The highest BCUT2D eigenvalue weighted by Crippen LogP contribution is 1.96. The van der Waals surface area contributed by atoms with Crippen molar-refractivity contribution in [1.82, 2.24) is 5.43 Å². The topological polar surface area (TPSA) is 93.5 Å². The molecule has 0 unspecified atom stereocenters. The molecule has 1 aromatic rings. The van der Waals surface area contributed by atoms with Crippen LogP contribution in [-0.4, -0.2) is 11.9 Å². The number of guanidine groups is 1. The Balaban J connectivity index is -0.000000156. The van der Waals surface area contributed by atoms with E-state index in [0.29, 0.717) is 5.56 Å². The summed E-state index contributed by atoms with van der Waals surface area (Å²) in [5.41, 5.74) is 12.8. The van der Waals surface area contributed by atoms with Crippen molar-refractivity contribution in [2.75, 3.05) is 0 Å². The fraction of sp³-hybridized carbons (Fsp3) is 0.500. The van der Waals surface area contributed by atoms with Gasteiger partial charge in [-0.25, -0.2) is 5.43 Å². The van der Waals surface area contributed by atoms with Crippen LogP contribution in [0.3, 0.4) is 0 Å². The van der Waals surface area contributed by atoms with Crippen molar-refractivity contribution < 1.29 is 4.79 Å². The van der Waals surface area contributed by atoms with Crippen LogP contribution in [-0.2, 0) is 0 Å². The minimum Gasteiger partial charge on any atom is -0.369 e. The molecule has 0 aliphatic heterocycles.